The van der Waals surface area contributed by atoms with E-state index in [1.807, 2.05) is 48.5 Å². The maximum Gasteiger partial charge on any atom is 0.151 e. The lowest BCUT2D eigenvalue weighted by atomic mass is 10.2. The van der Waals surface area contributed by atoms with Gasteiger partial charge < -0.3 is 4.74 Å². The van der Waals surface area contributed by atoms with Crippen LogP contribution in [0.4, 0.5) is 0 Å². The number of aldehydes is 1. The van der Waals surface area contributed by atoms with Gasteiger partial charge in [0.2, 0.25) is 0 Å². The van der Waals surface area contributed by atoms with Crippen molar-refractivity contribution in [3.8, 4) is 5.75 Å². The number of para-hydroxylation sites is 1. The smallest absolute Gasteiger partial charge is 0.151 e. The van der Waals surface area contributed by atoms with Gasteiger partial charge in [-0.1, -0.05) is 43.2 Å². The van der Waals surface area contributed by atoms with Gasteiger partial charge in [-0.05, 0) is 36.8 Å². The number of thioether (sulfide) groups is 1. The molecule has 23 heavy (non-hydrogen) atoms. The number of hydrogen-bond acceptors (Lipinski definition) is 4. The highest BCUT2D eigenvalue weighted by molar-refractivity contribution is 7.99. The van der Waals surface area contributed by atoms with Crippen LogP contribution in [0.15, 0.2) is 58.3 Å². The lowest BCUT2D eigenvalue weighted by Gasteiger charge is -2.08. The minimum atomic E-state index is 0.735. The van der Waals surface area contributed by atoms with Crippen LogP contribution in [0.5, 0.6) is 5.75 Å². The fourth-order valence-corrected chi connectivity index (χ4v) is 3.46. The summed E-state index contributed by atoms with van der Waals surface area (Å²) in [6.07, 6.45) is 5.48. The van der Waals surface area contributed by atoms with Gasteiger partial charge in [-0.3, -0.25) is 4.79 Å². The van der Waals surface area contributed by atoms with E-state index in [4.69, 9.17) is 4.74 Å². The Hall–Kier alpha value is -1.39. The molecule has 2 rings (SSSR count). The van der Waals surface area contributed by atoms with Crippen molar-refractivity contribution < 1.29 is 9.53 Å². The standard InChI is InChI=1S/C19H22O2S2/c20-15-16-9-3-6-12-19(16)23-14-8-2-1-7-13-21-17-10-4-5-11-18(17)22/h3-6,9-12,15,22H,1-2,7-8,13-14H2. The number of thiol groups is 1. The first-order valence-corrected chi connectivity index (χ1v) is 9.32. The Balaban J connectivity index is 1.54. The van der Waals surface area contributed by atoms with Gasteiger partial charge >= 0.3 is 0 Å². The molecule has 0 N–H and O–H groups in total. The van der Waals surface area contributed by atoms with Gasteiger partial charge in [-0.15, -0.1) is 24.4 Å². The molecule has 0 aliphatic rings. The summed E-state index contributed by atoms with van der Waals surface area (Å²) >= 11 is 6.13. The number of carbonyl (C=O) groups is 1. The predicted molar refractivity (Wildman–Crippen MR) is 100 cm³/mol. The fourth-order valence-electron chi connectivity index (χ4n) is 2.21. The minimum absolute atomic E-state index is 0.735. The van der Waals surface area contributed by atoms with Crippen LogP contribution in [0, 0.1) is 0 Å². The first-order chi connectivity index (χ1) is 11.3. The maximum atomic E-state index is 10.9. The third-order valence-electron chi connectivity index (χ3n) is 3.47. The Labute approximate surface area is 148 Å². The van der Waals surface area contributed by atoms with Crippen LogP contribution in [-0.4, -0.2) is 18.6 Å². The van der Waals surface area contributed by atoms with Crippen LogP contribution >= 0.6 is 24.4 Å². The zero-order valence-electron chi connectivity index (χ0n) is 13.1. The molecule has 0 fully saturated rings. The Morgan fingerprint density at radius 3 is 2.52 bits per heavy atom. The van der Waals surface area contributed by atoms with E-state index < -0.39 is 0 Å². The molecule has 4 heteroatoms. The summed E-state index contributed by atoms with van der Waals surface area (Å²) in [6.45, 7) is 0.735. The number of ether oxygens (including phenoxy) is 1. The summed E-state index contributed by atoms with van der Waals surface area (Å²) in [6, 6.07) is 15.6. The minimum Gasteiger partial charge on any atom is -0.492 e. The van der Waals surface area contributed by atoms with E-state index in [0.29, 0.717) is 0 Å². The van der Waals surface area contributed by atoms with Crippen LogP contribution in [-0.2, 0) is 0 Å². The molecule has 122 valence electrons. The highest BCUT2D eigenvalue weighted by Crippen LogP contribution is 2.23. The van der Waals surface area contributed by atoms with Gasteiger partial charge in [0.05, 0.1) is 6.61 Å². The molecule has 2 nitrogen and oxygen atoms in total. The fraction of sp³-hybridized carbons (Fsp3) is 0.316. The van der Waals surface area contributed by atoms with Crippen molar-refractivity contribution in [3.63, 3.8) is 0 Å². The van der Waals surface area contributed by atoms with Gasteiger partial charge in [0.1, 0.15) is 5.75 Å². The molecule has 0 atom stereocenters. The molecule has 0 aliphatic carbocycles. The average molecular weight is 347 g/mol. The number of rotatable bonds is 10. The maximum absolute atomic E-state index is 10.9. The van der Waals surface area contributed by atoms with Crippen molar-refractivity contribution in [3.05, 3.63) is 54.1 Å². The highest BCUT2D eigenvalue weighted by Gasteiger charge is 2.01. The summed E-state index contributed by atoms with van der Waals surface area (Å²) in [5.74, 6) is 1.91. The first kappa shape index (κ1) is 18.0. The van der Waals surface area contributed by atoms with Crippen LogP contribution in [0.25, 0.3) is 0 Å². The summed E-state index contributed by atoms with van der Waals surface area (Å²) in [7, 11) is 0. The molecule has 0 unspecified atom stereocenters. The first-order valence-electron chi connectivity index (χ1n) is 7.89. The lowest BCUT2D eigenvalue weighted by molar-refractivity contribution is 0.112. The zero-order chi connectivity index (χ0) is 16.3. The normalized spacial score (nSPS) is 10.5. The van der Waals surface area contributed by atoms with Crippen molar-refractivity contribution in [1.82, 2.24) is 0 Å². The van der Waals surface area contributed by atoms with Crippen molar-refractivity contribution in [2.45, 2.75) is 35.5 Å². The number of benzene rings is 2. The Morgan fingerprint density at radius 1 is 0.957 bits per heavy atom. The molecule has 0 heterocycles. The second-order valence-corrected chi connectivity index (χ2v) is 6.85. The van der Waals surface area contributed by atoms with E-state index in [-0.39, 0.29) is 0 Å². The largest absolute Gasteiger partial charge is 0.492 e. The van der Waals surface area contributed by atoms with E-state index >= 15 is 0 Å². The molecule has 0 bridgehead atoms. The quantitative estimate of drug-likeness (QED) is 0.265. The van der Waals surface area contributed by atoms with Crippen LogP contribution in [0.2, 0.25) is 0 Å². The second-order valence-electron chi connectivity index (χ2n) is 5.23. The predicted octanol–water partition coefficient (Wildman–Crippen LogP) is 5.52. The van der Waals surface area contributed by atoms with Crippen molar-refractivity contribution in [2.24, 2.45) is 0 Å². The molecule has 0 aliphatic heterocycles. The van der Waals surface area contributed by atoms with Gasteiger partial charge in [-0.2, -0.15) is 0 Å². The summed E-state index contributed by atoms with van der Waals surface area (Å²) in [5, 5.41) is 0. The monoisotopic (exact) mass is 346 g/mol. The van der Waals surface area contributed by atoms with Crippen molar-refractivity contribution in [1.29, 1.82) is 0 Å². The molecule has 0 saturated heterocycles. The zero-order valence-corrected chi connectivity index (χ0v) is 14.8. The van der Waals surface area contributed by atoms with E-state index in [0.717, 1.165) is 59.0 Å². The van der Waals surface area contributed by atoms with Crippen molar-refractivity contribution in [2.75, 3.05) is 12.4 Å². The third-order valence-corrected chi connectivity index (χ3v) is 5.01. The molecular formula is C19H22O2S2. The SMILES string of the molecule is O=Cc1ccccc1SCCCCCCOc1ccccc1S. The summed E-state index contributed by atoms with van der Waals surface area (Å²) < 4.78 is 5.72. The molecule has 0 saturated carbocycles. The van der Waals surface area contributed by atoms with Gasteiger partial charge in [-0.25, -0.2) is 0 Å². The van der Waals surface area contributed by atoms with E-state index in [2.05, 4.69) is 12.6 Å². The topological polar surface area (TPSA) is 26.3 Å². The van der Waals surface area contributed by atoms with Crippen LogP contribution in [0.1, 0.15) is 36.0 Å². The summed E-state index contributed by atoms with van der Waals surface area (Å²) in [4.78, 5) is 12.9. The molecule has 0 amide bonds. The van der Waals surface area contributed by atoms with Gasteiger partial charge in [0.25, 0.3) is 0 Å². The molecule has 0 aromatic heterocycles. The molecule has 0 radical (unpaired) electrons. The van der Waals surface area contributed by atoms with Crippen LogP contribution in [0.3, 0.4) is 0 Å². The van der Waals surface area contributed by atoms with E-state index in [1.165, 1.54) is 6.42 Å². The third kappa shape index (κ3) is 6.32. The molecule has 2 aromatic carbocycles. The van der Waals surface area contributed by atoms with Crippen LogP contribution < -0.4 is 4.74 Å². The van der Waals surface area contributed by atoms with Crippen molar-refractivity contribution >= 4 is 30.7 Å². The molecular weight excluding hydrogens is 324 g/mol. The van der Waals surface area contributed by atoms with E-state index in [9.17, 15) is 4.79 Å². The lowest BCUT2D eigenvalue weighted by Crippen LogP contribution is -1.98. The molecule has 2 aromatic rings. The Kier molecular flexibility index (Phi) is 8.12. The second kappa shape index (κ2) is 10.4. The summed E-state index contributed by atoms with van der Waals surface area (Å²) in [5.41, 5.74) is 0.788. The number of unbranched alkanes of at least 4 members (excludes halogenated alkanes) is 3. The van der Waals surface area contributed by atoms with E-state index in [1.54, 1.807) is 11.8 Å². The van der Waals surface area contributed by atoms with Gasteiger partial charge in [0, 0.05) is 15.4 Å². The number of carbonyl (C=O) groups excluding carboxylic acids is 1. The molecule has 0 spiro atoms. The van der Waals surface area contributed by atoms with Gasteiger partial charge in [0.15, 0.2) is 6.29 Å². The Bertz CT molecular complexity index is 614. The Morgan fingerprint density at radius 2 is 1.70 bits per heavy atom. The highest BCUT2D eigenvalue weighted by atomic mass is 32.2. The average Bonchev–Trinajstić information content (AvgIpc) is 2.59. The number of hydrogen-bond donors (Lipinski definition) is 1.